The average molecular weight is 527 g/mol. The molecule has 3 N–H and O–H groups in total. The zero-order valence-electron chi connectivity index (χ0n) is 19.5. The van der Waals surface area contributed by atoms with Crippen LogP contribution in [-0.4, -0.2) is 62.4 Å². The first-order valence-corrected chi connectivity index (χ1v) is 12.6. The highest BCUT2D eigenvalue weighted by Crippen LogP contribution is 2.39. The highest BCUT2D eigenvalue weighted by atomic mass is 32.2. The molecule has 3 aromatic rings. The number of fused-ring (bicyclic) bond motifs is 1. The molecule has 0 saturated carbocycles. The number of nitrogens with one attached hydrogen (secondary N) is 3. The number of hydrazine groups is 1. The largest absolute Gasteiger partial charge is 0.418 e. The fourth-order valence-electron chi connectivity index (χ4n) is 4.66. The second-order valence-corrected chi connectivity index (χ2v) is 11.0. The first-order chi connectivity index (χ1) is 16.9. The van der Waals surface area contributed by atoms with Crippen LogP contribution in [0.3, 0.4) is 0 Å². The van der Waals surface area contributed by atoms with Crippen LogP contribution in [0.15, 0.2) is 52.4 Å². The number of sulfonamides is 1. The van der Waals surface area contributed by atoms with Gasteiger partial charge in [-0.25, -0.2) is 28.8 Å². The molecule has 5 rings (SSSR count). The number of rotatable bonds is 6. The second-order valence-electron chi connectivity index (χ2n) is 9.11. The van der Waals surface area contributed by atoms with Crippen molar-refractivity contribution >= 4 is 15.5 Å². The summed E-state index contributed by atoms with van der Waals surface area (Å²) in [6.45, 7) is 1.62. The van der Waals surface area contributed by atoms with E-state index in [1.165, 1.54) is 0 Å². The predicted octanol–water partition coefficient (Wildman–Crippen LogP) is 0.998. The van der Waals surface area contributed by atoms with E-state index in [2.05, 4.69) is 15.8 Å². The summed E-state index contributed by atoms with van der Waals surface area (Å²) in [6.07, 6.45) is -2.13. The summed E-state index contributed by atoms with van der Waals surface area (Å²) in [6, 6.07) is 7.57. The second kappa shape index (κ2) is 8.68. The minimum atomic E-state index is -4.88. The van der Waals surface area contributed by atoms with Crippen LogP contribution in [0.4, 0.5) is 13.2 Å². The summed E-state index contributed by atoms with van der Waals surface area (Å²) in [5.74, 6) is 0. The summed E-state index contributed by atoms with van der Waals surface area (Å²) in [5.41, 5.74) is 4.74. The van der Waals surface area contributed by atoms with Gasteiger partial charge in [-0.15, -0.1) is 0 Å². The van der Waals surface area contributed by atoms with Crippen molar-refractivity contribution in [2.45, 2.75) is 29.1 Å². The standard InChI is InChI=1S/C22H25F3N6O4S/c1-26-36(33,34)16-7-17(22(23,24)25)18-10-30(20(32)31(18)9-16)15-5-3-4-14(6-15)21(11-35-12-21)8-19-28-27-13-29(19)2/h3-7,9-10,19,26-28H,8,11-13H2,1-2H3. The van der Waals surface area contributed by atoms with Gasteiger partial charge in [-0.3, -0.25) is 13.9 Å². The molecule has 14 heteroatoms. The molecule has 2 aromatic heterocycles. The van der Waals surface area contributed by atoms with Gasteiger partial charge in [-0.05, 0) is 44.3 Å². The van der Waals surface area contributed by atoms with E-state index in [4.69, 9.17) is 4.74 Å². The third-order valence-electron chi connectivity index (χ3n) is 6.83. The van der Waals surface area contributed by atoms with Crippen LogP contribution in [0.25, 0.3) is 11.2 Å². The van der Waals surface area contributed by atoms with Gasteiger partial charge in [-0.1, -0.05) is 12.1 Å². The molecule has 0 aliphatic carbocycles. The zero-order valence-corrected chi connectivity index (χ0v) is 20.3. The smallest absolute Gasteiger partial charge is 0.379 e. The third kappa shape index (κ3) is 4.13. The maximum atomic E-state index is 13.9. The molecular formula is C22H25F3N6O4S. The van der Waals surface area contributed by atoms with Gasteiger partial charge in [0.2, 0.25) is 10.0 Å². The van der Waals surface area contributed by atoms with Crippen molar-refractivity contribution in [3.8, 4) is 5.69 Å². The van der Waals surface area contributed by atoms with Gasteiger partial charge >= 0.3 is 11.9 Å². The molecule has 0 radical (unpaired) electrons. The summed E-state index contributed by atoms with van der Waals surface area (Å²) in [5, 5.41) is 0. The molecule has 1 aromatic carbocycles. The van der Waals surface area contributed by atoms with Gasteiger partial charge in [0.15, 0.2) is 0 Å². The molecule has 36 heavy (non-hydrogen) atoms. The lowest BCUT2D eigenvalue weighted by atomic mass is 9.74. The molecule has 0 spiro atoms. The van der Waals surface area contributed by atoms with E-state index in [1.54, 1.807) is 18.2 Å². The third-order valence-corrected chi connectivity index (χ3v) is 8.21. The molecule has 1 atom stereocenters. The number of ether oxygens (including phenoxy) is 1. The summed E-state index contributed by atoms with van der Waals surface area (Å²) in [4.78, 5) is 14.7. The Morgan fingerprint density at radius 3 is 2.56 bits per heavy atom. The van der Waals surface area contributed by atoms with Gasteiger partial charge in [0.1, 0.15) is 0 Å². The van der Waals surface area contributed by atoms with E-state index in [0.717, 1.165) is 36.0 Å². The van der Waals surface area contributed by atoms with Crippen LogP contribution in [-0.2, 0) is 26.4 Å². The highest BCUT2D eigenvalue weighted by molar-refractivity contribution is 7.89. The van der Waals surface area contributed by atoms with Crippen LogP contribution < -0.4 is 21.3 Å². The van der Waals surface area contributed by atoms with Crippen LogP contribution >= 0.6 is 0 Å². The van der Waals surface area contributed by atoms with E-state index in [1.807, 2.05) is 17.8 Å². The first-order valence-electron chi connectivity index (χ1n) is 11.1. The Balaban J connectivity index is 1.62. The van der Waals surface area contributed by atoms with Gasteiger partial charge in [0.25, 0.3) is 0 Å². The highest BCUT2D eigenvalue weighted by Gasteiger charge is 2.44. The number of nitrogens with zero attached hydrogens (tertiary/aromatic N) is 3. The predicted molar refractivity (Wildman–Crippen MR) is 124 cm³/mol. The molecule has 194 valence electrons. The molecule has 2 aliphatic heterocycles. The number of aromatic nitrogens is 2. The number of halogens is 3. The molecule has 0 amide bonds. The van der Waals surface area contributed by atoms with E-state index in [-0.39, 0.29) is 11.6 Å². The van der Waals surface area contributed by atoms with Crippen molar-refractivity contribution in [3.05, 3.63) is 64.3 Å². The minimum Gasteiger partial charge on any atom is -0.379 e. The van der Waals surface area contributed by atoms with E-state index in [9.17, 15) is 26.4 Å². The number of imidazole rings is 1. The maximum absolute atomic E-state index is 13.9. The van der Waals surface area contributed by atoms with Crippen LogP contribution in [0, 0.1) is 0 Å². The number of alkyl halides is 3. The molecule has 2 fully saturated rings. The fraction of sp³-hybridized carbons (Fsp3) is 0.409. The van der Waals surface area contributed by atoms with Crippen LogP contribution in [0.2, 0.25) is 0 Å². The number of benzene rings is 1. The Kier molecular flexibility index (Phi) is 6.01. The Morgan fingerprint density at radius 1 is 1.22 bits per heavy atom. The first kappa shape index (κ1) is 24.9. The number of pyridine rings is 1. The van der Waals surface area contributed by atoms with E-state index in [0.29, 0.717) is 36.0 Å². The van der Waals surface area contributed by atoms with Crippen molar-refractivity contribution in [1.29, 1.82) is 0 Å². The topological polar surface area (TPSA) is 109 Å². The number of hydrogen-bond donors (Lipinski definition) is 3. The number of hydrogen-bond acceptors (Lipinski definition) is 7. The molecule has 2 aliphatic rings. The van der Waals surface area contributed by atoms with Gasteiger partial charge in [0.05, 0.1) is 47.7 Å². The zero-order chi connectivity index (χ0) is 25.9. The lowest BCUT2D eigenvalue weighted by Gasteiger charge is -2.44. The summed E-state index contributed by atoms with van der Waals surface area (Å²) >= 11 is 0. The maximum Gasteiger partial charge on any atom is 0.418 e. The molecule has 1 unspecified atom stereocenters. The monoisotopic (exact) mass is 526 g/mol. The molecule has 2 saturated heterocycles. The van der Waals surface area contributed by atoms with Gasteiger partial charge in [-0.2, -0.15) is 13.2 Å². The molecule has 10 nitrogen and oxygen atoms in total. The lowest BCUT2D eigenvalue weighted by Crippen LogP contribution is -2.52. The van der Waals surface area contributed by atoms with Crippen LogP contribution in [0.5, 0.6) is 0 Å². The average Bonchev–Trinajstić information content (AvgIpc) is 3.37. The van der Waals surface area contributed by atoms with Crippen molar-refractivity contribution in [1.82, 2.24) is 29.4 Å². The van der Waals surface area contributed by atoms with Crippen molar-refractivity contribution in [2.75, 3.05) is 34.0 Å². The summed E-state index contributed by atoms with van der Waals surface area (Å²) < 4.78 is 75.4. The Bertz CT molecular complexity index is 1480. The molecule has 4 heterocycles. The van der Waals surface area contributed by atoms with Crippen molar-refractivity contribution in [2.24, 2.45) is 0 Å². The van der Waals surface area contributed by atoms with Crippen molar-refractivity contribution in [3.63, 3.8) is 0 Å². The summed E-state index contributed by atoms with van der Waals surface area (Å²) in [7, 11) is -1.17. The Morgan fingerprint density at radius 2 is 1.97 bits per heavy atom. The van der Waals surface area contributed by atoms with Gasteiger partial charge < -0.3 is 4.74 Å². The molecule has 0 bridgehead atoms. The fourth-order valence-corrected chi connectivity index (χ4v) is 5.42. The van der Waals surface area contributed by atoms with Crippen LogP contribution in [0.1, 0.15) is 17.5 Å². The lowest BCUT2D eigenvalue weighted by molar-refractivity contribution is -0.136. The normalized spacial score (nSPS) is 20.6. The molecular weight excluding hydrogens is 501 g/mol. The van der Waals surface area contributed by atoms with Crippen molar-refractivity contribution < 1.29 is 26.3 Å². The minimum absolute atomic E-state index is 0.0548. The Labute approximate surface area is 204 Å². The SMILES string of the molecule is CNS(=O)(=O)c1cc(C(F)(F)F)c2cn(-c3cccc(C4(CC5NNCN5C)COC4)c3)c(=O)n2c1. The van der Waals surface area contributed by atoms with E-state index < -0.39 is 37.9 Å². The van der Waals surface area contributed by atoms with E-state index >= 15 is 0 Å². The Hall–Kier alpha value is -2.75. The van der Waals surface area contributed by atoms with Gasteiger partial charge in [0, 0.05) is 17.8 Å². The quantitative estimate of drug-likeness (QED) is 0.440.